The first-order chi connectivity index (χ1) is 14.0. The van der Waals surface area contributed by atoms with Crippen LogP contribution < -0.4 is 15.4 Å². The van der Waals surface area contributed by atoms with E-state index in [9.17, 15) is 14.4 Å². The summed E-state index contributed by atoms with van der Waals surface area (Å²) in [5.41, 5.74) is 1.27. The lowest BCUT2D eigenvalue weighted by Gasteiger charge is -2.08. The Bertz CT molecular complexity index is 822. The number of ether oxygens (including phenoxy) is 2. The van der Waals surface area contributed by atoms with Crippen molar-refractivity contribution in [2.24, 2.45) is 0 Å². The van der Waals surface area contributed by atoms with Crippen molar-refractivity contribution in [1.29, 1.82) is 0 Å². The number of hydrogen-bond donors (Lipinski definition) is 2. The van der Waals surface area contributed by atoms with E-state index in [0.717, 1.165) is 4.47 Å². The minimum Gasteiger partial charge on any atom is -0.494 e. The number of hydrogen-bond acceptors (Lipinski definition) is 5. The molecule has 2 N–H and O–H groups in total. The van der Waals surface area contributed by atoms with Crippen LogP contribution in [-0.2, 0) is 19.1 Å². The molecule has 0 aliphatic rings. The average molecular weight is 463 g/mol. The van der Waals surface area contributed by atoms with E-state index in [1.807, 2.05) is 19.1 Å². The summed E-state index contributed by atoms with van der Waals surface area (Å²) in [4.78, 5) is 35.5. The van der Waals surface area contributed by atoms with Crippen LogP contribution in [0.15, 0.2) is 53.0 Å². The molecular formula is C21H23BrN2O5. The van der Waals surface area contributed by atoms with Gasteiger partial charge in [-0.1, -0.05) is 15.9 Å². The maximum Gasteiger partial charge on any atom is 0.306 e. The molecule has 2 amide bonds. The van der Waals surface area contributed by atoms with E-state index in [-0.39, 0.29) is 25.4 Å². The molecule has 2 aromatic rings. The van der Waals surface area contributed by atoms with Gasteiger partial charge in [0, 0.05) is 28.7 Å². The molecule has 2 rings (SSSR count). The fourth-order valence-electron chi connectivity index (χ4n) is 2.37. The summed E-state index contributed by atoms with van der Waals surface area (Å²) < 4.78 is 11.2. The summed E-state index contributed by atoms with van der Waals surface area (Å²) in [5.74, 6) is -0.437. The zero-order valence-electron chi connectivity index (χ0n) is 16.1. The number of amides is 2. The Kier molecular flexibility index (Phi) is 9.17. The molecule has 0 aromatic heterocycles. The lowest BCUT2D eigenvalue weighted by Crippen LogP contribution is -2.21. The van der Waals surface area contributed by atoms with Crippen LogP contribution in [0.5, 0.6) is 5.75 Å². The van der Waals surface area contributed by atoms with Gasteiger partial charge < -0.3 is 20.1 Å². The fraction of sp³-hybridized carbons (Fsp3) is 0.286. The molecule has 0 heterocycles. The number of nitrogens with one attached hydrogen (secondary N) is 2. The lowest BCUT2D eigenvalue weighted by molar-refractivity contribution is -0.147. The van der Waals surface area contributed by atoms with Gasteiger partial charge in [-0.2, -0.15) is 0 Å². The molecule has 0 atom stereocenters. The number of rotatable bonds is 10. The second-order valence-corrected chi connectivity index (χ2v) is 6.99. The Hall–Kier alpha value is -2.87. The second-order valence-electron chi connectivity index (χ2n) is 6.07. The monoisotopic (exact) mass is 462 g/mol. The van der Waals surface area contributed by atoms with Gasteiger partial charge in [-0.15, -0.1) is 0 Å². The zero-order valence-corrected chi connectivity index (χ0v) is 17.7. The van der Waals surface area contributed by atoms with Crippen molar-refractivity contribution in [3.05, 3.63) is 53.0 Å². The maximum atomic E-state index is 11.9. The van der Waals surface area contributed by atoms with Crippen molar-refractivity contribution in [2.75, 3.05) is 23.8 Å². The van der Waals surface area contributed by atoms with Gasteiger partial charge in [-0.25, -0.2) is 0 Å². The molecule has 0 saturated carbocycles. The molecule has 0 saturated heterocycles. The van der Waals surface area contributed by atoms with Crippen LogP contribution in [0.25, 0.3) is 0 Å². The molecule has 7 nitrogen and oxygen atoms in total. The van der Waals surface area contributed by atoms with E-state index in [4.69, 9.17) is 9.47 Å². The van der Waals surface area contributed by atoms with Gasteiger partial charge in [0.15, 0.2) is 6.61 Å². The van der Waals surface area contributed by atoms with Crippen LogP contribution in [0.4, 0.5) is 11.4 Å². The summed E-state index contributed by atoms with van der Waals surface area (Å²) in [5, 5.41) is 5.38. The predicted molar refractivity (Wildman–Crippen MR) is 114 cm³/mol. The van der Waals surface area contributed by atoms with E-state index in [0.29, 0.717) is 30.2 Å². The molecule has 0 fully saturated rings. The minimum atomic E-state index is -0.525. The van der Waals surface area contributed by atoms with Crippen LogP contribution in [-0.4, -0.2) is 31.0 Å². The number of benzene rings is 2. The molecule has 0 radical (unpaired) electrons. The van der Waals surface area contributed by atoms with Crippen LogP contribution >= 0.6 is 15.9 Å². The summed E-state index contributed by atoms with van der Waals surface area (Å²) in [6.07, 6.45) is 0.579. The molecule has 0 bridgehead atoms. The Morgan fingerprint density at radius 3 is 2.07 bits per heavy atom. The topological polar surface area (TPSA) is 93.7 Å². The highest BCUT2D eigenvalue weighted by molar-refractivity contribution is 9.10. The van der Waals surface area contributed by atoms with Gasteiger partial charge in [0.1, 0.15) is 5.75 Å². The van der Waals surface area contributed by atoms with E-state index < -0.39 is 11.9 Å². The van der Waals surface area contributed by atoms with Gasteiger partial charge >= 0.3 is 5.97 Å². The first-order valence-electron chi connectivity index (χ1n) is 9.20. The van der Waals surface area contributed by atoms with Gasteiger partial charge in [-0.3, -0.25) is 14.4 Å². The largest absolute Gasteiger partial charge is 0.494 e. The van der Waals surface area contributed by atoms with E-state index in [1.165, 1.54) is 0 Å². The summed E-state index contributed by atoms with van der Waals surface area (Å²) >= 11 is 3.32. The quantitative estimate of drug-likeness (QED) is 0.517. The van der Waals surface area contributed by atoms with Crippen LogP contribution in [0, 0.1) is 0 Å². The highest BCUT2D eigenvalue weighted by atomic mass is 79.9. The third-order valence-corrected chi connectivity index (χ3v) is 4.25. The van der Waals surface area contributed by atoms with Crippen molar-refractivity contribution < 1.29 is 23.9 Å². The number of carbonyl (C=O) groups is 3. The van der Waals surface area contributed by atoms with Crippen molar-refractivity contribution in [3.8, 4) is 5.75 Å². The van der Waals surface area contributed by atoms with Gasteiger partial charge in [0.2, 0.25) is 5.91 Å². The van der Waals surface area contributed by atoms with E-state index >= 15 is 0 Å². The fourth-order valence-corrected chi connectivity index (χ4v) is 2.63. The number of esters is 1. The third kappa shape index (κ3) is 8.78. The molecule has 8 heteroatoms. The van der Waals surface area contributed by atoms with Gasteiger partial charge in [-0.05, 0) is 61.9 Å². The minimum absolute atomic E-state index is 0.0596. The molecule has 0 aliphatic heterocycles. The van der Waals surface area contributed by atoms with Crippen molar-refractivity contribution in [2.45, 2.75) is 26.2 Å². The highest BCUT2D eigenvalue weighted by Crippen LogP contribution is 2.16. The summed E-state index contributed by atoms with van der Waals surface area (Å²) in [6.45, 7) is 2.07. The smallest absolute Gasteiger partial charge is 0.306 e. The van der Waals surface area contributed by atoms with Crippen LogP contribution in [0.3, 0.4) is 0 Å². The zero-order chi connectivity index (χ0) is 21.1. The Labute approximate surface area is 177 Å². The normalized spacial score (nSPS) is 10.1. The predicted octanol–water partition coefficient (Wildman–Crippen LogP) is 4.14. The van der Waals surface area contributed by atoms with Crippen molar-refractivity contribution in [1.82, 2.24) is 0 Å². The van der Waals surface area contributed by atoms with Gasteiger partial charge in [0.25, 0.3) is 5.91 Å². The van der Waals surface area contributed by atoms with E-state index in [2.05, 4.69) is 26.6 Å². The molecule has 29 heavy (non-hydrogen) atoms. The summed E-state index contributed by atoms with van der Waals surface area (Å²) in [7, 11) is 0. The summed E-state index contributed by atoms with van der Waals surface area (Å²) in [6, 6.07) is 14.1. The molecule has 0 unspecified atom stereocenters. The average Bonchev–Trinajstić information content (AvgIpc) is 2.70. The molecule has 2 aromatic carbocycles. The van der Waals surface area contributed by atoms with Crippen LogP contribution in [0.1, 0.15) is 26.2 Å². The van der Waals surface area contributed by atoms with Gasteiger partial charge in [0.05, 0.1) is 6.61 Å². The third-order valence-electron chi connectivity index (χ3n) is 3.73. The Morgan fingerprint density at radius 2 is 1.45 bits per heavy atom. The molecule has 154 valence electrons. The number of anilines is 2. The first kappa shape index (κ1) is 22.4. The number of carbonyl (C=O) groups excluding carboxylic acids is 3. The Morgan fingerprint density at radius 1 is 0.862 bits per heavy atom. The first-order valence-corrected chi connectivity index (χ1v) is 9.99. The van der Waals surface area contributed by atoms with Crippen molar-refractivity contribution in [3.63, 3.8) is 0 Å². The Balaban J connectivity index is 1.61. The SMILES string of the molecule is CCOc1ccc(NC(=O)COC(=O)CCCC(=O)Nc2ccc(Br)cc2)cc1. The molecular weight excluding hydrogens is 440 g/mol. The maximum absolute atomic E-state index is 11.9. The van der Waals surface area contributed by atoms with E-state index in [1.54, 1.807) is 36.4 Å². The molecule has 0 spiro atoms. The molecule has 0 aliphatic carbocycles. The lowest BCUT2D eigenvalue weighted by atomic mass is 10.2. The van der Waals surface area contributed by atoms with Crippen molar-refractivity contribution >= 4 is 45.1 Å². The van der Waals surface area contributed by atoms with Crippen LogP contribution in [0.2, 0.25) is 0 Å². The highest BCUT2D eigenvalue weighted by Gasteiger charge is 2.10. The standard InChI is InChI=1S/C21H23BrN2O5/c1-2-28-18-12-10-17(11-13-18)24-20(26)14-29-21(27)5-3-4-19(25)23-16-8-6-15(22)7-9-16/h6-13H,2-5,14H2,1H3,(H,23,25)(H,24,26). The number of halogens is 1. The second kappa shape index (κ2) is 11.9.